The van der Waals surface area contributed by atoms with Crippen molar-refractivity contribution < 1.29 is 80.0 Å². The molecule has 3 aromatic carbocycles. The minimum absolute atomic E-state index is 0.0260. The average Bonchev–Trinajstić information content (AvgIpc) is 3.02. The van der Waals surface area contributed by atoms with Gasteiger partial charge in [-0.15, -0.1) is 0 Å². The minimum Gasteiger partial charge on any atom is -0.488 e. The number of hydrogen-bond acceptors (Lipinski definition) is 9. The van der Waals surface area contributed by atoms with Crippen molar-refractivity contribution in [1.29, 1.82) is 0 Å². The highest BCUT2D eigenvalue weighted by Gasteiger charge is 2.86. The topological polar surface area (TPSA) is 98.8 Å². The van der Waals surface area contributed by atoms with Crippen LogP contribution in [0, 0.1) is 0 Å². The van der Waals surface area contributed by atoms with Gasteiger partial charge in [-0.1, -0.05) is 18.2 Å². The Morgan fingerprint density at radius 1 is 0.394 bits per heavy atom. The van der Waals surface area contributed by atoms with E-state index in [-0.39, 0.29) is 11.5 Å². The number of ether oxygens (including phenoxy) is 6. The molecule has 0 aliphatic heterocycles. The fraction of sp³-hybridized carbons (Fsp3) is 0.609. The van der Waals surface area contributed by atoms with E-state index in [0.29, 0.717) is 0 Å². The third kappa shape index (κ3) is 13.2. The van der Waals surface area contributed by atoms with Gasteiger partial charge in [-0.05, 0) is 147 Å². The molecule has 0 atom stereocenters. The molecule has 0 unspecified atom stereocenters. The summed E-state index contributed by atoms with van der Waals surface area (Å²) in [4.78, 5) is -1.72. The SMILES string of the molecule is CC(C)(C)Oc1cc(OC(C)(C)C)c(S(OS(=O)(=O)C(F)(F)C(F)(F)C(F)(F)C(F)(F)F)(c2ccccc2)c2c(OC(C)(C)C)cc(OC(C)(C)C)cc2OC(C)(C)C)c(OC(C)(C)C)c1. The molecule has 66 heavy (non-hydrogen) atoms. The van der Waals surface area contributed by atoms with Crippen LogP contribution in [-0.4, -0.2) is 65.3 Å². The van der Waals surface area contributed by atoms with Gasteiger partial charge in [0.15, 0.2) is 0 Å². The van der Waals surface area contributed by atoms with Crippen molar-refractivity contribution in [2.24, 2.45) is 0 Å². The fourth-order valence-corrected chi connectivity index (χ4v) is 11.3. The fourth-order valence-electron chi connectivity index (χ4n) is 5.87. The maximum Gasteiger partial charge on any atom is 0.460 e. The predicted molar refractivity (Wildman–Crippen MR) is 235 cm³/mol. The third-order valence-electron chi connectivity index (χ3n) is 7.77. The first-order valence-corrected chi connectivity index (χ1v) is 23.6. The van der Waals surface area contributed by atoms with Crippen LogP contribution in [0.5, 0.6) is 34.5 Å². The van der Waals surface area contributed by atoms with Gasteiger partial charge in [0.25, 0.3) is 0 Å². The van der Waals surface area contributed by atoms with Gasteiger partial charge in [0.1, 0.15) is 77.9 Å². The van der Waals surface area contributed by atoms with Crippen LogP contribution in [0.25, 0.3) is 0 Å². The van der Waals surface area contributed by atoms with Crippen molar-refractivity contribution in [3.05, 3.63) is 54.6 Å². The quantitative estimate of drug-likeness (QED) is 0.146. The van der Waals surface area contributed by atoms with Crippen molar-refractivity contribution in [2.75, 3.05) is 0 Å². The van der Waals surface area contributed by atoms with E-state index in [4.69, 9.17) is 32.1 Å². The van der Waals surface area contributed by atoms with E-state index in [1.807, 2.05) is 0 Å². The molecule has 3 aromatic rings. The van der Waals surface area contributed by atoms with Crippen molar-refractivity contribution in [2.45, 2.75) is 196 Å². The average molecular weight is 995 g/mol. The smallest absolute Gasteiger partial charge is 0.460 e. The van der Waals surface area contributed by atoms with Gasteiger partial charge in [0.2, 0.25) is 0 Å². The second-order valence-corrected chi connectivity index (χ2v) is 25.7. The van der Waals surface area contributed by atoms with Crippen LogP contribution >= 0.6 is 10.3 Å². The first kappa shape index (κ1) is 56.4. The molecule has 0 spiro atoms. The predicted octanol–water partition coefficient (Wildman–Crippen LogP) is 14.7. The minimum atomic E-state index is -7.79. The lowest BCUT2D eigenvalue weighted by Crippen LogP contribution is -2.63. The van der Waals surface area contributed by atoms with Crippen LogP contribution in [-0.2, 0) is 13.7 Å². The van der Waals surface area contributed by atoms with Gasteiger partial charge in [0, 0.05) is 29.2 Å². The molecule has 0 amide bonds. The first-order chi connectivity index (χ1) is 29.1. The summed E-state index contributed by atoms with van der Waals surface area (Å²) in [5.74, 6) is -17.2. The second-order valence-electron chi connectivity index (χ2n) is 21.3. The molecule has 0 bridgehead atoms. The molecule has 9 nitrogen and oxygen atoms in total. The molecule has 376 valence electrons. The van der Waals surface area contributed by atoms with Crippen LogP contribution in [0.15, 0.2) is 69.3 Å². The Morgan fingerprint density at radius 2 is 0.667 bits per heavy atom. The molecule has 0 fully saturated rings. The molecule has 3 rings (SSSR count). The zero-order chi connectivity index (χ0) is 51.5. The number of halogens is 9. The van der Waals surface area contributed by atoms with Crippen molar-refractivity contribution in [3.63, 3.8) is 0 Å². The van der Waals surface area contributed by atoms with Crippen LogP contribution in [0.4, 0.5) is 39.5 Å². The molecule has 0 radical (unpaired) electrons. The van der Waals surface area contributed by atoms with Crippen LogP contribution in [0.1, 0.15) is 125 Å². The van der Waals surface area contributed by atoms with Gasteiger partial charge >= 0.3 is 33.4 Å². The Balaban J connectivity index is 3.07. The number of rotatable bonds is 14. The summed E-state index contributed by atoms with van der Waals surface area (Å²) in [6, 6.07) is 11.2. The number of benzene rings is 3. The highest BCUT2D eigenvalue weighted by atomic mass is 32.3. The van der Waals surface area contributed by atoms with Gasteiger partial charge < -0.3 is 28.4 Å². The zero-order valence-electron chi connectivity index (χ0n) is 40.6. The molecule has 0 aliphatic rings. The van der Waals surface area contributed by atoms with Gasteiger partial charge in [0.05, 0.1) is 0 Å². The highest BCUT2D eigenvalue weighted by molar-refractivity contribution is 8.33. The lowest BCUT2D eigenvalue weighted by atomic mass is 10.1. The third-order valence-corrected chi connectivity index (χ3v) is 13.1. The molecule has 0 N–H and O–H groups in total. The number of alkyl halides is 9. The molecule has 0 saturated carbocycles. The molecule has 0 aromatic heterocycles. The summed E-state index contributed by atoms with van der Waals surface area (Å²) < 4.78 is 208. The van der Waals surface area contributed by atoms with E-state index in [2.05, 4.69) is 0 Å². The second kappa shape index (κ2) is 17.9. The van der Waals surface area contributed by atoms with E-state index in [0.717, 1.165) is 12.1 Å². The van der Waals surface area contributed by atoms with Gasteiger partial charge in [-0.25, -0.2) is 3.63 Å². The molecule has 0 heterocycles. The summed E-state index contributed by atoms with van der Waals surface area (Å²) in [7, 11) is -12.9. The summed E-state index contributed by atoms with van der Waals surface area (Å²) in [5.41, 5.74) is -7.16. The molecule has 0 saturated heterocycles. The Bertz CT molecular complexity index is 2120. The maximum absolute atomic E-state index is 16.5. The van der Waals surface area contributed by atoms with E-state index in [1.165, 1.54) is 42.5 Å². The zero-order valence-corrected chi connectivity index (χ0v) is 42.2. The molecule has 20 heteroatoms. The van der Waals surface area contributed by atoms with Crippen molar-refractivity contribution >= 4 is 20.4 Å². The molecular weight excluding hydrogens is 932 g/mol. The van der Waals surface area contributed by atoms with Crippen molar-refractivity contribution in [1.82, 2.24) is 0 Å². The standard InChI is InChI=1S/C46H63F9O9S2/c1-37(2,3)58-28-24-31(60-39(7,8)9)35(32(25-28)61-40(10,11)12)65(30-22-20-19-21-23-30,64-66(56,57)46(54,55)44(49,50)43(47,48)45(51,52)53)36-33(62-41(13,14)15)26-29(59-38(4,5)6)27-34(36)63-42(16,17)18/h19-27H,1-18H3. The van der Waals surface area contributed by atoms with Crippen molar-refractivity contribution in [3.8, 4) is 34.5 Å². The molecule has 0 aliphatic carbocycles. The van der Waals surface area contributed by atoms with E-state index >= 15 is 17.6 Å². The maximum atomic E-state index is 16.5. The summed E-state index contributed by atoms with van der Waals surface area (Å²) in [6.45, 7) is 28.6. The Morgan fingerprint density at radius 3 is 0.909 bits per heavy atom. The number of hydrogen-bond donors (Lipinski definition) is 0. The summed E-state index contributed by atoms with van der Waals surface area (Å²) in [5, 5.41) is -7.34. The monoisotopic (exact) mass is 994 g/mol. The molecular formula is C46H63F9O9S2. The lowest BCUT2D eigenvalue weighted by molar-refractivity contribution is -0.382. The van der Waals surface area contributed by atoms with Crippen LogP contribution < -0.4 is 28.4 Å². The van der Waals surface area contributed by atoms with Gasteiger partial charge in [-0.2, -0.15) is 47.9 Å². The Hall–Kier alpha value is -3.91. The normalized spacial score (nSPS) is 14.7. The van der Waals surface area contributed by atoms with E-state index in [9.17, 15) is 30.4 Å². The van der Waals surface area contributed by atoms with Crippen LogP contribution in [0.2, 0.25) is 0 Å². The van der Waals surface area contributed by atoms with Gasteiger partial charge in [-0.3, -0.25) is 0 Å². The Kier molecular flexibility index (Phi) is 15.3. The van der Waals surface area contributed by atoms with E-state index < -0.39 is 115 Å². The Labute approximate surface area is 384 Å². The van der Waals surface area contributed by atoms with Crippen LogP contribution in [0.3, 0.4) is 0 Å². The lowest BCUT2D eigenvalue weighted by Gasteiger charge is -2.45. The summed E-state index contributed by atoms with van der Waals surface area (Å²) >= 11 is 0. The first-order valence-electron chi connectivity index (χ1n) is 20.6. The highest BCUT2D eigenvalue weighted by Crippen LogP contribution is 2.79. The van der Waals surface area contributed by atoms with E-state index in [1.54, 1.807) is 125 Å². The summed E-state index contributed by atoms with van der Waals surface area (Å²) in [6.07, 6.45) is -7.38. The largest absolute Gasteiger partial charge is 0.488 e.